The molecule has 1 aliphatic rings. The van der Waals surface area contributed by atoms with E-state index in [1.54, 1.807) is 0 Å². The van der Waals surface area contributed by atoms with Gasteiger partial charge in [0.25, 0.3) is 0 Å². The summed E-state index contributed by atoms with van der Waals surface area (Å²) >= 11 is 0. The summed E-state index contributed by atoms with van der Waals surface area (Å²) in [5, 5.41) is 12.8. The van der Waals surface area contributed by atoms with E-state index in [0.717, 1.165) is 19.3 Å². The van der Waals surface area contributed by atoms with Crippen molar-refractivity contribution in [3.8, 4) is 0 Å². The zero-order chi connectivity index (χ0) is 19.2. The number of rotatable bonds is 14. The molecule has 1 heterocycles. The minimum absolute atomic E-state index is 0. The number of unbranched alkanes of at least 4 members (excludes halogenated alkanes) is 9. The summed E-state index contributed by atoms with van der Waals surface area (Å²) in [6.45, 7) is 5.51. The fourth-order valence-electron chi connectivity index (χ4n) is 4.02. The van der Waals surface area contributed by atoms with Crippen molar-refractivity contribution in [2.24, 2.45) is 0 Å². The number of esters is 1. The van der Waals surface area contributed by atoms with Crippen LogP contribution in [0.3, 0.4) is 0 Å². The number of carbonyl (C=O) groups excluding carboxylic acids is 1. The van der Waals surface area contributed by atoms with Crippen molar-refractivity contribution in [3.63, 3.8) is 0 Å². The molecule has 1 unspecified atom stereocenters. The standard InChI is InChI=1S/C22H43NO3.ClH/c1-18(24)14-12-10-8-6-4-5-7-9-11-13-15-21-16-17-22(19(2)23-21)26-20(3)25;/h18-19,21-24H,4-17H2,1-3H3;1H/t18?,19-,21+,22-;/m1./s1. The Balaban J connectivity index is 0.00000676. The molecular weight excluding hydrogens is 362 g/mol. The van der Waals surface area contributed by atoms with Gasteiger partial charge in [-0.2, -0.15) is 0 Å². The molecule has 1 aliphatic heterocycles. The van der Waals surface area contributed by atoms with Crippen LogP contribution in [0.25, 0.3) is 0 Å². The van der Waals surface area contributed by atoms with Gasteiger partial charge in [0.15, 0.2) is 0 Å². The molecule has 1 rings (SSSR count). The maximum atomic E-state index is 11.1. The second-order valence-electron chi connectivity index (χ2n) is 8.34. The fourth-order valence-corrected chi connectivity index (χ4v) is 4.02. The molecule has 162 valence electrons. The lowest BCUT2D eigenvalue weighted by Gasteiger charge is -2.35. The highest BCUT2D eigenvalue weighted by molar-refractivity contribution is 5.85. The third-order valence-corrected chi connectivity index (χ3v) is 5.60. The first kappa shape index (κ1) is 26.7. The molecule has 1 fully saturated rings. The first-order valence-corrected chi connectivity index (χ1v) is 11.1. The van der Waals surface area contributed by atoms with Crippen LogP contribution in [-0.2, 0) is 9.53 Å². The first-order chi connectivity index (χ1) is 12.5. The predicted octanol–water partition coefficient (Wildman–Crippen LogP) is 5.54. The molecule has 1 saturated heterocycles. The number of hydrogen-bond acceptors (Lipinski definition) is 4. The zero-order valence-corrected chi connectivity index (χ0v) is 18.7. The van der Waals surface area contributed by atoms with Crippen molar-refractivity contribution < 1.29 is 14.6 Å². The smallest absolute Gasteiger partial charge is 0.302 e. The predicted molar refractivity (Wildman–Crippen MR) is 116 cm³/mol. The summed E-state index contributed by atoms with van der Waals surface area (Å²) in [4.78, 5) is 11.1. The quantitative estimate of drug-likeness (QED) is 0.294. The van der Waals surface area contributed by atoms with Gasteiger partial charge < -0.3 is 15.2 Å². The molecular formula is C22H44ClNO3. The normalized spacial score (nSPS) is 23.5. The highest BCUT2D eigenvalue weighted by atomic mass is 35.5. The zero-order valence-electron chi connectivity index (χ0n) is 17.9. The van der Waals surface area contributed by atoms with Gasteiger partial charge in [-0.1, -0.05) is 64.2 Å². The minimum atomic E-state index is -0.165. The molecule has 2 N–H and O–H groups in total. The van der Waals surface area contributed by atoms with Gasteiger partial charge in [0.05, 0.1) is 6.10 Å². The van der Waals surface area contributed by atoms with Crippen LogP contribution >= 0.6 is 12.4 Å². The molecule has 27 heavy (non-hydrogen) atoms. The van der Waals surface area contributed by atoms with Gasteiger partial charge in [-0.05, 0) is 39.5 Å². The van der Waals surface area contributed by atoms with E-state index in [2.05, 4.69) is 12.2 Å². The average molecular weight is 406 g/mol. The van der Waals surface area contributed by atoms with Gasteiger partial charge in [-0.3, -0.25) is 4.79 Å². The Kier molecular flexibility index (Phi) is 16.4. The van der Waals surface area contributed by atoms with Gasteiger partial charge >= 0.3 is 5.97 Å². The number of carbonyl (C=O) groups is 1. The van der Waals surface area contributed by atoms with Gasteiger partial charge in [0.2, 0.25) is 0 Å². The number of hydrogen-bond donors (Lipinski definition) is 2. The Labute approximate surface area is 173 Å². The molecule has 0 amide bonds. The van der Waals surface area contributed by atoms with Crippen molar-refractivity contribution in [3.05, 3.63) is 0 Å². The molecule has 5 heteroatoms. The highest BCUT2D eigenvalue weighted by Crippen LogP contribution is 2.21. The van der Waals surface area contributed by atoms with Gasteiger partial charge in [0, 0.05) is 19.0 Å². The number of aliphatic hydroxyl groups excluding tert-OH is 1. The lowest BCUT2D eigenvalue weighted by atomic mass is 9.93. The Bertz CT molecular complexity index is 365. The van der Waals surface area contributed by atoms with Crippen LogP contribution in [0.4, 0.5) is 0 Å². The van der Waals surface area contributed by atoms with Crippen LogP contribution in [-0.4, -0.2) is 35.4 Å². The highest BCUT2D eigenvalue weighted by Gasteiger charge is 2.28. The molecule has 4 atom stereocenters. The second-order valence-corrected chi connectivity index (χ2v) is 8.34. The molecule has 4 nitrogen and oxygen atoms in total. The molecule has 0 aliphatic carbocycles. The summed E-state index contributed by atoms with van der Waals surface area (Å²) in [7, 11) is 0. The largest absolute Gasteiger partial charge is 0.461 e. The molecule has 0 saturated carbocycles. The van der Waals surface area contributed by atoms with E-state index in [4.69, 9.17) is 4.74 Å². The van der Waals surface area contributed by atoms with Crippen LogP contribution < -0.4 is 5.32 Å². The number of nitrogens with one attached hydrogen (secondary N) is 1. The van der Waals surface area contributed by atoms with E-state index in [-0.39, 0.29) is 36.6 Å². The molecule has 0 bridgehead atoms. The number of piperidine rings is 1. The SMILES string of the molecule is CC(=O)O[C@@H]1CC[C@H](CCCCCCCCCCCCC(C)O)N[C@@H]1C.Cl. The van der Waals surface area contributed by atoms with E-state index in [1.807, 2.05) is 6.92 Å². The van der Waals surface area contributed by atoms with Crippen molar-refractivity contribution in [2.45, 2.75) is 135 Å². The van der Waals surface area contributed by atoms with Crippen LogP contribution in [0, 0.1) is 0 Å². The maximum Gasteiger partial charge on any atom is 0.302 e. The monoisotopic (exact) mass is 405 g/mol. The lowest BCUT2D eigenvalue weighted by Crippen LogP contribution is -2.50. The van der Waals surface area contributed by atoms with Gasteiger partial charge in [-0.25, -0.2) is 0 Å². The number of ether oxygens (including phenoxy) is 1. The van der Waals surface area contributed by atoms with E-state index in [0.29, 0.717) is 6.04 Å². The van der Waals surface area contributed by atoms with Crippen LogP contribution in [0.5, 0.6) is 0 Å². The van der Waals surface area contributed by atoms with E-state index in [1.165, 1.54) is 77.6 Å². The Hall–Kier alpha value is -0.320. The van der Waals surface area contributed by atoms with E-state index >= 15 is 0 Å². The third-order valence-electron chi connectivity index (χ3n) is 5.60. The number of halogens is 1. The first-order valence-electron chi connectivity index (χ1n) is 11.1. The van der Waals surface area contributed by atoms with Crippen LogP contribution in [0.2, 0.25) is 0 Å². The fraction of sp³-hybridized carbons (Fsp3) is 0.955. The number of aliphatic hydroxyl groups is 1. The van der Waals surface area contributed by atoms with Crippen LogP contribution in [0.15, 0.2) is 0 Å². The molecule has 0 aromatic heterocycles. The van der Waals surface area contributed by atoms with E-state index in [9.17, 15) is 9.90 Å². The van der Waals surface area contributed by atoms with Crippen molar-refractivity contribution >= 4 is 18.4 Å². The van der Waals surface area contributed by atoms with E-state index < -0.39 is 0 Å². The lowest BCUT2D eigenvalue weighted by molar-refractivity contribution is -0.149. The summed E-state index contributed by atoms with van der Waals surface area (Å²) in [6.07, 6.45) is 17.5. The maximum absolute atomic E-state index is 11.1. The van der Waals surface area contributed by atoms with Gasteiger partial charge in [0.1, 0.15) is 6.10 Å². The summed E-state index contributed by atoms with van der Waals surface area (Å²) < 4.78 is 5.36. The van der Waals surface area contributed by atoms with Gasteiger partial charge in [-0.15, -0.1) is 12.4 Å². The molecule has 0 aromatic rings. The van der Waals surface area contributed by atoms with Crippen molar-refractivity contribution in [1.29, 1.82) is 0 Å². The topological polar surface area (TPSA) is 58.6 Å². The minimum Gasteiger partial charge on any atom is -0.461 e. The van der Waals surface area contributed by atoms with Crippen LogP contribution in [0.1, 0.15) is 111 Å². The summed E-state index contributed by atoms with van der Waals surface area (Å²) in [5.74, 6) is -0.165. The summed E-state index contributed by atoms with van der Waals surface area (Å²) in [6, 6.07) is 0.872. The molecule has 0 spiro atoms. The molecule has 0 radical (unpaired) electrons. The Morgan fingerprint density at radius 3 is 2.00 bits per heavy atom. The van der Waals surface area contributed by atoms with Crippen molar-refractivity contribution in [2.75, 3.05) is 0 Å². The summed E-state index contributed by atoms with van der Waals surface area (Å²) in [5.41, 5.74) is 0. The second kappa shape index (κ2) is 16.6. The Morgan fingerprint density at radius 1 is 1.00 bits per heavy atom. The van der Waals surface area contributed by atoms with Crippen molar-refractivity contribution in [1.82, 2.24) is 5.32 Å². The molecule has 0 aromatic carbocycles. The Morgan fingerprint density at radius 2 is 1.52 bits per heavy atom. The third kappa shape index (κ3) is 14.3. The average Bonchev–Trinajstić information content (AvgIpc) is 2.57.